The second kappa shape index (κ2) is 7.98. The smallest absolute Gasteiger partial charge is 0.303 e. The van der Waals surface area contributed by atoms with Crippen molar-refractivity contribution in [1.29, 1.82) is 0 Å². The SMILES string of the molecule is CCc1cc(C(=O)N(CCCC(=O)O)C(C)C)cc(Cl)n1. The largest absolute Gasteiger partial charge is 0.481 e. The maximum atomic E-state index is 12.6. The Morgan fingerprint density at radius 1 is 1.38 bits per heavy atom. The van der Waals surface area contributed by atoms with Crippen molar-refractivity contribution in [1.82, 2.24) is 9.88 Å². The van der Waals surface area contributed by atoms with Gasteiger partial charge >= 0.3 is 5.97 Å². The van der Waals surface area contributed by atoms with E-state index < -0.39 is 5.97 Å². The topological polar surface area (TPSA) is 70.5 Å². The minimum absolute atomic E-state index is 0.0108. The number of carboxylic acid groups (broad SMARTS) is 1. The summed E-state index contributed by atoms with van der Waals surface area (Å²) in [4.78, 5) is 29.0. The lowest BCUT2D eigenvalue weighted by Crippen LogP contribution is -2.38. The molecular formula is C15H21ClN2O3. The number of pyridine rings is 1. The number of carboxylic acids is 1. The number of carbonyl (C=O) groups excluding carboxylic acids is 1. The van der Waals surface area contributed by atoms with Gasteiger partial charge in [0.15, 0.2) is 0 Å². The van der Waals surface area contributed by atoms with Gasteiger partial charge < -0.3 is 10.0 Å². The second-order valence-corrected chi connectivity index (χ2v) is 5.50. The molecule has 1 N–H and O–H groups in total. The lowest BCUT2D eigenvalue weighted by atomic mass is 10.1. The minimum atomic E-state index is -0.855. The first-order valence-corrected chi connectivity index (χ1v) is 7.42. The van der Waals surface area contributed by atoms with E-state index in [-0.39, 0.29) is 18.4 Å². The molecule has 0 aliphatic carbocycles. The molecule has 0 saturated heterocycles. The van der Waals surface area contributed by atoms with Gasteiger partial charge in [-0.05, 0) is 38.8 Å². The Kier molecular flexibility index (Phi) is 6.62. The second-order valence-electron chi connectivity index (χ2n) is 5.11. The van der Waals surface area contributed by atoms with Crippen LogP contribution >= 0.6 is 11.6 Å². The van der Waals surface area contributed by atoms with Crippen molar-refractivity contribution in [2.45, 2.75) is 46.1 Å². The maximum Gasteiger partial charge on any atom is 0.303 e. The zero-order chi connectivity index (χ0) is 16.0. The molecule has 0 atom stereocenters. The molecule has 5 nitrogen and oxygen atoms in total. The molecule has 116 valence electrons. The highest BCUT2D eigenvalue weighted by atomic mass is 35.5. The lowest BCUT2D eigenvalue weighted by Gasteiger charge is -2.27. The van der Waals surface area contributed by atoms with E-state index in [4.69, 9.17) is 16.7 Å². The van der Waals surface area contributed by atoms with Crippen LogP contribution in [0.2, 0.25) is 5.15 Å². The van der Waals surface area contributed by atoms with Crippen LogP contribution in [0.3, 0.4) is 0 Å². The number of aliphatic carboxylic acids is 1. The Hall–Kier alpha value is -1.62. The molecule has 6 heteroatoms. The fourth-order valence-corrected chi connectivity index (χ4v) is 2.24. The predicted molar refractivity (Wildman–Crippen MR) is 81.7 cm³/mol. The highest BCUT2D eigenvalue weighted by Gasteiger charge is 2.20. The van der Waals surface area contributed by atoms with Gasteiger partial charge in [0.2, 0.25) is 0 Å². The highest BCUT2D eigenvalue weighted by Crippen LogP contribution is 2.15. The molecule has 0 unspecified atom stereocenters. The zero-order valence-corrected chi connectivity index (χ0v) is 13.4. The number of halogens is 1. The van der Waals surface area contributed by atoms with Gasteiger partial charge in [-0.1, -0.05) is 18.5 Å². The summed E-state index contributed by atoms with van der Waals surface area (Å²) in [5.41, 5.74) is 1.26. The Bertz CT molecular complexity index is 518. The van der Waals surface area contributed by atoms with E-state index in [1.807, 2.05) is 20.8 Å². The van der Waals surface area contributed by atoms with E-state index in [2.05, 4.69) is 4.98 Å². The van der Waals surface area contributed by atoms with E-state index in [9.17, 15) is 9.59 Å². The van der Waals surface area contributed by atoms with Crippen molar-refractivity contribution in [3.8, 4) is 0 Å². The number of aryl methyl sites for hydroxylation is 1. The first-order valence-electron chi connectivity index (χ1n) is 7.04. The fourth-order valence-electron chi connectivity index (χ4n) is 2.02. The summed E-state index contributed by atoms with van der Waals surface area (Å²) in [6, 6.07) is 3.28. The van der Waals surface area contributed by atoms with Gasteiger partial charge in [0.25, 0.3) is 5.91 Å². The first kappa shape index (κ1) is 17.4. The molecule has 1 amide bonds. The van der Waals surface area contributed by atoms with Gasteiger partial charge in [0, 0.05) is 30.3 Å². The number of aromatic nitrogens is 1. The molecule has 0 fully saturated rings. The molecule has 1 aromatic heterocycles. The molecule has 0 spiro atoms. The van der Waals surface area contributed by atoms with Crippen LogP contribution in [0.25, 0.3) is 0 Å². The van der Waals surface area contributed by atoms with E-state index in [1.165, 1.54) is 0 Å². The summed E-state index contributed by atoms with van der Waals surface area (Å²) in [6.07, 6.45) is 1.17. The van der Waals surface area contributed by atoms with Crippen LogP contribution < -0.4 is 0 Å². The molecule has 0 radical (unpaired) electrons. The Labute approximate surface area is 129 Å². The average Bonchev–Trinajstić information content (AvgIpc) is 2.41. The number of hydrogen-bond acceptors (Lipinski definition) is 3. The van der Waals surface area contributed by atoms with Gasteiger partial charge in [0.1, 0.15) is 5.15 Å². The van der Waals surface area contributed by atoms with E-state index >= 15 is 0 Å². The summed E-state index contributed by atoms with van der Waals surface area (Å²) < 4.78 is 0. The van der Waals surface area contributed by atoms with Crippen LogP contribution in [0.15, 0.2) is 12.1 Å². The van der Waals surface area contributed by atoms with Gasteiger partial charge in [-0.25, -0.2) is 4.98 Å². The standard InChI is InChI=1S/C15H21ClN2O3/c1-4-12-8-11(9-13(16)17-12)15(21)18(10(2)3)7-5-6-14(19)20/h8-10H,4-7H2,1-3H3,(H,19,20). The fraction of sp³-hybridized carbons (Fsp3) is 0.533. The van der Waals surface area contributed by atoms with Crippen LogP contribution in [0.5, 0.6) is 0 Å². The molecule has 0 aliphatic heterocycles. The molecule has 1 aromatic rings. The summed E-state index contributed by atoms with van der Waals surface area (Å²) in [6.45, 7) is 6.16. The van der Waals surface area contributed by atoms with Crippen LogP contribution in [0, 0.1) is 0 Å². The summed E-state index contributed by atoms with van der Waals surface area (Å²) in [5, 5.41) is 8.99. The molecular weight excluding hydrogens is 292 g/mol. The van der Waals surface area contributed by atoms with Crippen LogP contribution in [-0.4, -0.2) is 39.5 Å². The molecule has 0 aromatic carbocycles. The number of carbonyl (C=O) groups is 2. The number of nitrogens with zero attached hydrogens (tertiary/aromatic N) is 2. The Morgan fingerprint density at radius 3 is 2.57 bits per heavy atom. The number of rotatable bonds is 7. The average molecular weight is 313 g/mol. The number of hydrogen-bond donors (Lipinski definition) is 1. The minimum Gasteiger partial charge on any atom is -0.481 e. The van der Waals surface area contributed by atoms with Gasteiger partial charge in [-0.15, -0.1) is 0 Å². The molecule has 0 bridgehead atoms. The molecule has 1 rings (SSSR count). The van der Waals surface area contributed by atoms with Gasteiger partial charge in [0.05, 0.1) is 0 Å². The molecule has 0 aliphatic rings. The third kappa shape index (κ3) is 5.34. The van der Waals surface area contributed by atoms with Crippen LogP contribution in [0.4, 0.5) is 0 Å². The van der Waals surface area contributed by atoms with Crippen molar-refractivity contribution in [2.24, 2.45) is 0 Å². The normalized spacial score (nSPS) is 10.7. The third-order valence-electron chi connectivity index (χ3n) is 3.13. The highest BCUT2D eigenvalue weighted by molar-refractivity contribution is 6.29. The maximum absolute atomic E-state index is 12.6. The van der Waals surface area contributed by atoms with Crippen molar-refractivity contribution in [3.63, 3.8) is 0 Å². The summed E-state index contributed by atoms with van der Waals surface area (Å²) >= 11 is 5.94. The zero-order valence-electron chi connectivity index (χ0n) is 12.6. The molecule has 0 saturated carbocycles. The van der Waals surface area contributed by atoms with E-state index in [0.29, 0.717) is 30.1 Å². The quantitative estimate of drug-likeness (QED) is 0.786. The molecule has 21 heavy (non-hydrogen) atoms. The van der Waals surface area contributed by atoms with E-state index in [1.54, 1.807) is 17.0 Å². The summed E-state index contributed by atoms with van der Waals surface area (Å²) in [5.74, 6) is -0.999. The van der Waals surface area contributed by atoms with Crippen LogP contribution in [-0.2, 0) is 11.2 Å². The van der Waals surface area contributed by atoms with Crippen molar-refractivity contribution >= 4 is 23.5 Å². The Morgan fingerprint density at radius 2 is 2.05 bits per heavy atom. The lowest BCUT2D eigenvalue weighted by molar-refractivity contribution is -0.137. The summed E-state index contributed by atoms with van der Waals surface area (Å²) in [7, 11) is 0. The number of amides is 1. The Balaban J connectivity index is 2.90. The first-order chi connectivity index (χ1) is 9.85. The van der Waals surface area contributed by atoms with Crippen molar-refractivity contribution in [3.05, 3.63) is 28.5 Å². The predicted octanol–water partition coefficient (Wildman–Crippen LogP) is 3.01. The third-order valence-corrected chi connectivity index (χ3v) is 3.32. The van der Waals surface area contributed by atoms with Gasteiger partial charge in [-0.3, -0.25) is 9.59 Å². The van der Waals surface area contributed by atoms with E-state index in [0.717, 1.165) is 5.69 Å². The van der Waals surface area contributed by atoms with Crippen molar-refractivity contribution in [2.75, 3.05) is 6.54 Å². The van der Waals surface area contributed by atoms with Gasteiger partial charge in [-0.2, -0.15) is 0 Å². The monoisotopic (exact) mass is 312 g/mol. The van der Waals surface area contributed by atoms with Crippen LogP contribution in [0.1, 0.15) is 49.7 Å². The van der Waals surface area contributed by atoms with Crippen molar-refractivity contribution < 1.29 is 14.7 Å². The molecule has 1 heterocycles.